The predicted molar refractivity (Wildman–Crippen MR) is 86.7 cm³/mol. The van der Waals surface area contributed by atoms with Crippen molar-refractivity contribution in [3.63, 3.8) is 0 Å². The van der Waals surface area contributed by atoms with Gasteiger partial charge in [0, 0.05) is 13.6 Å². The van der Waals surface area contributed by atoms with Gasteiger partial charge in [0.25, 0.3) is 0 Å². The van der Waals surface area contributed by atoms with Crippen molar-refractivity contribution in [2.24, 2.45) is 5.41 Å². The molecule has 2 saturated heterocycles. The third-order valence-electron chi connectivity index (χ3n) is 4.87. The standard InChI is InChI=1S/C15H24N4O3S/c1-18-8-11(20)7-15(14(18)21)3-5-19(6-4-15)9-13-16-12(10-23-2)17-22-13/h11,20H,3-10H2,1-2H3. The van der Waals surface area contributed by atoms with Crippen LogP contribution in [0.3, 0.4) is 0 Å². The number of nitrogens with zero attached hydrogens (tertiary/aromatic N) is 4. The summed E-state index contributed by atoms with van der Waals surface area (Å²) in [5.41, 5.74) is -0.387. The van der Waals surface area contributed by atoms with Gasteiger partial charge in [-0.3, -0.25) is 9.69 Å². The van der Waals surface area contributed by atoms with Gasteiger partial charge in [-0.2, -0.15) is 16.7 Å². The fraction of sp³-hybridized carbons (Fsp3) is 0.800. The van der Waals surface area contributed by atoms with E-state index in [9.17, 15) is 9.90 Å². The second kappa shape index (κ2) is 6.78. The molecule has 3 heterocycles. The Kier molecular flexibility index (Phi) is 4.93. The highest BCUT2D eigenvalue weighted by atomic mass is 32.2. The number of amides is 1. The van der Waals surface area contributed by atoms with E-state index in [4.69, 9.17) is 4.52 Å². The van der Waals surface area contributed by atoms with Crippen molar-refractivity contribution < 1.29 is 14.4 Å². The summed E-state index contributed by atoms with van der Waals surface area (Å²) in [6, 6.07) is 0. The fourth-order valence-corrected chi connectivity index (χ4v) is 4.07. The molecule has 0 bridgehead atoms. The number of carbonyl (C=O) groups is 1. The summed E-state index contributed by atoms with van der Waals surface area (Å²) in [6.07, 6.45) is 3.74. The van der Waals surface area contributed by atoms with E-state index in [1.165, 1.54) is 0 Å². The Morgan fingerprint density at radius 1 is 1.43 bits per heavy atom. The van der Waals surface area contributed by atoms with Crippen LogP contribution in [0, 0.1) is 5.41 Å². The van der Waals surface area contributed by atoms with Crippen molar-refractivity contribution >= 4 is 17.7 Å². The van der Waals surface area contributed by atoms with Crippen LogP contribution in [0.25, 0.3) is 0 Å². The average molecular weight is 340 g/mol. The summed E-state index contributed by atoms with van der Waals surface area (Å²) in [5, 5.41) is 14.0. The molecule has 0 saturated carbocycles. The first kappa shape index (κ1) is 16.7. The topological polar surface area (TPSA) is 82.7 Å². The molecule has 7 nitrogen and oxygen atoms in total. The van der Waals surface area contributed by atoms with Gasteiger partial charge in [-0.1, -0.05) is 5.16 Å². The van der Waals surface area contributed by atoms with E-state index in [0.717, 1.165) is 37.5 Å². The molecule has 1 aromatic heterocycles. The number of aromatic nitrogens is 2. The van der Waals surface area contributed by atoms with E-state index in [0.29, 0.717) is 25.4 Å². The van der Waals surface area contributed by atoms with E-state index in [1.807, 2.05) is 6.26 Å². The molecule has 0 aromatic carbocycles. The summed E-state index contributed by atoms with van der Waals surface area (Å²) >= 11 is 1.66. The Balaban J connectivity index is 1.58. The molecule has 2 fully saturated rings. The predicted octanol–water partition coefficient (Wildman–Crippen LogP) is 0.738. The molecule has 1 amide bonds. The number of likely N-dealkylation sites (N-methyl/N-ethyl adjacent to an activating group) is 1. The molecule has 2 aliphatic rings. The molecule has 1 unspecified atom stereocenters. The lowest BCUT2D eigenvalue weighted by Crippen LogP contribution is -2.56. The van der Waals surface area contributed by atoms with Gasteiger partial charge in [0.2, 0.25) is 11.8 Å². The minimum absolute atomic E-state index is 0.183. The van der Waals surface area contributed by atoms with Crippen LogP contribution in [0.2, 0.25) is 0 Å². The molecule has 0 aliphatic carbocycles. The Labute approximate surface area is 140 Å². The number of thioether (sulfide) groups is 1. The van der Waals surface area contributed by atoms with Crippen molar-refractivity contribution in [2.45, 2.75) is 37.7 Å². The lowest BCUT2D eigenvalue weighted by atomic mass is 9.71. The summed E-state index contributed by atoms with van der Waals surface area (Å²) in [7, 11) is 1.78. The van der Waals surface area contributed by atoms with Crippen LogP contribution >= 0.6 is 11.8 Å². The van der Waals surface area contributed by atoms with Gasteiger partial charge in [0.15, 0.2) is 5.82 Å². The van der Waals surface area contributed by atoms with Crippen molar-refractivity contribution in [1.82, 2.24) is 19.9 Å². The van der Waals surface area contributed by atoms with Gasteiger partial charge in [-0.25, -0.2) is 0 Å². The van der Waals surface area contributed by atoms with Gasteiger partial charge in [-0.15, -0.1) is 0 Å². The first-order chi connectivity index (χ1) is 11.0. The Bertz CT molecular complexity index is 557. The highest BCUT2D eigenvalue weighted by Gasteiger charge is 2.47. The number of hydrogen-bond donors (Lipinski definition) is 1. The zero-order chi connectivity index (χ0) is 16.4. The first-order valence-electron chi connectivity index (χ1n) is 7.99. The number of β-amino-alcohol motifs (C(OH)–C–C–N with tert-alkyl or cyclic N) is 1. The van der Waals surface area contributed by atoms with Crippen molar-refractivity contribution in [3.05, 3.63) is 11.7 Å². The number of likely N-dealkylation sites (tertiary alicyclic amines) is 2. The molecular weight excluding hydrogens is 316 g/mol. The van der Waals surface area contributed by atoms with Crippen molar-refractivity contribution in [2.75, 3.05) is 32.9 Å². The van der Waals surface area contributed by atoms with Crippen LogP contribution in [0.15, 0.2) is 4.52 Å². The number of piperidine rings is 2. The second-order valence-corrected chi connectivity index (χ2v) is 7.50. The molecule has 8 heteroatoms. The Hall–Kier alpha value is -1.12. The maximum absolute atomic E-state index is 12.5. The lowest BCUT2D eigenvalue weighted by molar-refractivity contribution is -0.154. The van der Waals surface area contributed by atoms with Crippen LogP contribution < -0.4 is 0 Å². The number of carbonyl (C=O) groups excluding carboxylic acids is 1. The van der Waals surface area contributed by atoms with Crippen LogP contribution in [0.5, 0.6) is 0 Å². The zero-order valence-corrected chi connectivity index (χ0v) is 14.5. The normalized spacial score (nSPS) is 25.3. The highest BCUT2D eigenvalue weighted by molar-refractivity contribution is 7.97. The second-order valence-electron chi connectivity index (χ2n) is 6.64. The lowest BCUT2D eigenvalue weighted by Gasteiger charge is -2.46. The molecule has 1 N–H and O–H groups in total. The Morgan fingerprint density at radius 3 is 2.87 bits per heavy atom. The van der Waals surface area contributed by atoms with E-state index >= 15 is 0 Å². The zero-order valence-electron chi connectivity index (χ0n) is 13.7. The number of rotatable bonds is 4. The molecular formula is C15H24N4O3S. The maximum atomic E-state index is 12.5. The van der Waals surface area contributed by atoms with Gasteiger partial charge in [0.05, 0.1) is 23.8 Å². The molecule has 1 spiro atoms. The summed E-state index contributed by atoms with van der Waals surface area (Å²) in [6.45, 7) is 2.70. The number of aliphatic hydroxyl groups is 1. The minimum atomic E-state index is -0.408. The van der Waals surface area contributed by atoms with E-state index in [-0.39, 0.29) is 11.3 Å². The molecule has 128 valence electrons. The van der Waals surface area contributed by atoms with Crippen molar-refractivity contribution in [3.8, 4) is 0 Å². The van der Waals surface area contributed by atoms with Gasteiger partial charge in [0.1, 0.15) is 0 Å². The summed E-state index contributed by atoms with van der Waals surface area (Å²) in [5.74, 6) is 2.30. The average Bonchev–Trinajstić information content (AvgIpc) is 2.95. The van der Waals surface area contributed by atoms with E-state index in [1.54, 1.807) is 23.7 Å². The van der Waals surface area contributed by atoms with Crippen LogP contribution in [0.4, 0.5) is 0 Å². The minimum Gasteiger partial charge on any atom is -0.391 e. The quantitative estimate of drug-likeness (QED) is 0.865. The Morgan fingerprint density at radius 2 is 2.17 bits per heavy atom. The van der Waals surface area contributed by atoms with Gasteiger partial charge < -0.3 is 14.5 Å². The van der Waals surface area contributed by atoms with Crippen molar-refractivity contribution in [1.29, 1.82) is 0 Å². The van der Waals surface area contributed by atoms with E-state index in [2.05, 4.69) is 15.0 Å². The van der Waals surface area contributed by atoms with E-state index < -0.39 is 6.10 Å². The highest BCUT2D eigenvalue weighted by Crippen LogP contribution is 2.40. The maximum Gasteiger partial charge on any atom is 0.240 e. The summed E-state index contributed by atoms with van der Waals surface area (Å²) < 4.78 is 5.28. The molecule has 2 aliphatic heterocycles. The molecule has 3 rings (SSSR count). The third-order valence-corrected chi connectivity index (χ3v) is 5.41. The number of aliphatic hydroxyl groups excluding tert-OH is 1. The molecule has 1 aromatic rings. The van der Waals surface area contributed by atoms with Crippen LogP contribution in [-0.2, 0) is 17.1 Å². The third kappa shape index (κ3) is 3.54. The molecule has 1 atom stereocenters. The fourth-order valence-electron chi connectivity index (χ4n) is 3.70. The van der Waals surface area contributed by atoms with Gasteiger partial charge in [-0.05, 0) is 38.6 Å². The monoisotopic (exact) mass is 340 g/mol. The molecule has 23 heavy (non-hydrogen) atoms. The van der Waals surface area contributed by atoms with Gasteiger partial charge >= 0.3 is 0 Å². The summed E-state index contributed by atoms with van der Waals surface area (Å²) in [4.78, 5) is 20.8. The molecule has 0 radical (unpaired) electrons. The van der Waals surface area contributed by atoms with Crippen LogP contribution in [-0.4, -0.2) is 70.0 Å². The smallest absolute Gasteiger partial charge is 0.240 e. The largest absolute Gasteiger partial charge is 0.391 e. The van der Waals surface area contributed by atoms with Crippen LogP contribution in [0.1, 0.15) is 31.0 Å². The number of hydrogen-bond acceptors (Lipinski definition) is 7. The SMILES string of the molecule is CSCc1noc(CN2CCC3(CC2)CC(O)CN(C)C3=O)n1. The first-order valence-corrected chi connectivity index (χ1v) is 9.38.